The maximum Gasteiger partial charge on any atom is 0.122 e. The van der Waals surface area contributed by atoms with Crippen molar-refractivity contribution in [3.8, 4) is 0 Å². The van der Waals surface area contributed by atoms with E-state index in [1.165, 1.54) is 0 Å². The van der Waals surface area contributed by atoms with Crippen LogP contribution in [0.3, 0.4) is 0 Å². The number of rotatable bonds is 5. The average Bonchev–Trinajstić information content (AvgIpc) is 2.62. The number of hydrogen-bond donors (Lipinski definition) is 1. The number of nitrogens with zero attached hydrogens (tertiary/aromatic N) is 3. The molecule has 1 heterocycles. The summed E-state index contributed by atoms with van der Waals surface area (Å²) in [6.07, 6.45) is 5.77. The Morgan fingerprint density at radius 1 is 1.56 bits per heavy atom. The van der Waals surface area contributed by atoms with Crippen molar-refractivity contribution in [2.24, 2.45) is 5.92 Å². The lowest BCUT2D eigenvalue weighted by Crippen LogP contribution is -2.37. The van der Waals surface area contributed by atoms with Crippen LogP contribution in [-0.4, -0.2) is 39.3 Å². The van der Waals surface area contributed by atoms with E-state index in [0.29, 0.717) is 5.92 Å². The van der Waals surface area contributed by atoms with Crippen LogP contribution in [0.5, 0.6) is 0 Å². The second-order valence-electron chi connectivity index (χ2n) is 4.82. The molecule has 16 heavy (non-hydrogen) atoms. The number of aryl methyl sites for hydroxylation is 1. The van der Waals surface area contributed by atoms with E-state index in [4.69, 9.17) is 0 Å². The molecule has 0 saturated heterocycles. The Bertz CT molecular complexity index is 331. The van der Waals surface area contributed by atoms with Crippen molar-refractivity contribution in [1.82, 2.24) is 14.5 Å². The zero-order chi connectivity index (χ0) is 11.5. The van der Waals surface area contributed by atoms with Crippen LogP contribution in [0.15, 0.2) is 12.4 Å². The Hall–Kier alpha value is -0.870. The largest absolute Gasteiger partial charge is 0.393 e. The zero-order valence-corrected chi connectivity index (χ0v) is 10.1. The highest BCUT2D eigenvalue weighted by molar-refractivity contribution is 4.92. The summed E-state index contributed by atoms with van der Waals surface area (Å²) < 4.78 is 2.17. The molecule has 0 atom stereocenters. The fourth-order valence-corrected chi connectivity index (χ4v) is 2.38. The molecule has 0 aromatic carbocycles. The van der Waals surface area contributed by atoms with Gasteiger partial charge in [-0.3, -0.25) is 4.90 Å². The van der Waals surface area contributed by atoms with E-state index >= 15 is 0 Å². The monoisotopic (exact) mass is 223 g/mol. The average molecular weight is 223 g/mol. The third-order valence-corrected chi connectivity index (χ3v) is 3.33. The van der Waals surface area contributed by atoms with Gasteiger partial charge in [0, 0.05) is 25.5 Å². The van der Waals surface area contributed by atoms with Crippen LogP contribution in [0.25, 0.3) is 0 Å². The van der Waals surface area contributed by atoms with E-state index in [0.717, 1.165) is 38.3 Å². The Balaban J connectivity index is 1.80. The van der Waals surface area contributed by atoms with E-state index in [-0.39, 0.29) is 6.10 Å². The maximum absolute atomic E-state index is 9.24. The number of imidazole rings is 1. The van der Waals surface area contributed by atoms with Gasteiger partial charge in [-0.2, -0.15) is 0 Å². The molecule has 1 aliphatic carbocycles. The smallest absolute Gasteiger partial charge is 0.122 e. The van der Waals surface area contributed by atoms with Crippen LogP contribution in [0.2, 0.25) is 0 Å². The van der Waals surface area contributed by atoms with Crippen molar-refractivity contribution in [3.05, 3.63) is 18.2 Å². The van der Waals surface area contributed by atoms with Crippen molar-refractivity contribution in [2.75, 3.05) is 13.6 Å². The first-order chi connectivity index (χ1) is 7.69. The first-order valence-electron chi connectivity index (χ1n) is 6.05. The third kappa shape index (κ3) is 2.62. The van der Waals surface area contributed by atoms with Gasteiger partial charge in [-0.1, -0.05) is 0 Å². The molecule has 1 aromatic rings. The summed E-state index contributed by atoms with van der Waals surface area (Å²) in [5, 5.41) is 9.24. The molecule has 1 aromatic heterocycles. The molecule has 0 amide bonds. The molecule has 4 nitrogen and oxygen atoms in total. The van der Waals surface area contributed by atoms with Crippen molar-refractivity contribution >= 4 is 0 Å². The van der Waals surface area contributed by atoms with E-state index in [9.17, 15) is 5.11 Å². The molecule has 1 saturated carbocycles. The predicted molar refractivity (Wildman–Crippen MR) is 63.0 cm³/mol. The Morgan fingerprint density at radius 3 is 2.94 bits per heavy atom. The van der Waals surface area contributed by atoms with Crippen LogP contribution in [-0.2, 0) is 13.1 Å². The second kappa shape index (κ2) is 4.97. The first kappa shape index (κ1) is 11.6. The predicted octanol–water partition coefficient (Wildman–Crippen LogP) is 1.11. The number of aromatic nitrogens is 2. The Kier molecular flexibility index (Phi) is 3.61. The molecule has 1 fully saturated rings. The van der Waals surface area contributed by atoms with Gasteiger partial charge in [-0.15, -0.1) is 0 Å². The van der Waals surface area contributed by atoms with Gasteiger partial charge < -0.3 is 9.67 Å². The lowest BCUT2D eigenvalue weighted by atomic mass is 9.82. The minimum atomic E-state index is -0.0453. The molecule has 0 aliphatic heterocycles. The molecular formula is C12H21N3O. The Morgan fingerprint density at radius 2 is 2.31 bits per heavy atom. The molecular weight excluding hydrogens is 202 g/mol. The number of aliphatic hydroxyl groups is 1. The first-order valence-corrected chi connectivity index (χ1v) is 6.05. The number of aliphatic hydroxyl groups excluding tert-OH is 1. The van der Waals surface area contributed by atoms with Gasteiger partial charge in [0.2, 0.25) is 0 Å². The number of hydrogen-bond acceptors (Lipinski definition) is 3. The van der Waals surface area contributed by atoms with E-state index in [1.807, 2.05) is 12.4 Å². The molecule has 90 valence electrons. The Labute approximate surface area is 96.9 Å². The molecule has 2 rings (SSSR count). The molecule has 1 N–H and O–H groups in total. The molecule has 0 unspecified atom stereocenters. The third-order valence-electron chi connectivity index (χ3n) is 3.33. The van der Waals surface area contributed by atoms with Gasteiger partial charge >= 0.3 is 0 Å². The van der Waals surface area contributed by atoms with Gasteiger partial charge in [0.1, 0.15) is 5.82 Å². The summed E-state index contributed by atoms with van der Waals surface area (Å²) in [6, 6.07) is 0. The molecule has 1 aliphatic rings. The topological polar surface area (TPSA) is 41.3 Å². The van der Waals surface area contributed by atoms with E-state index < -0.39 is 0 Å². The summed E-state index contributed by atoms with van der Waals surface area (Å²) in [6.45, 7) is 5.07. The minimum Gasteiger partial charge on any atom is -0.393 e. The van der Waals surface area contributed by atoms with Gasteiger partial charge in [-0.05, 0) is 32.7 Å². The van der Waals surface area contributed by atoms with Crippen LogP contribution >= 0.6 is 0 Å². The highest BCUT2D eigenvalue weighted by Gasteiger charge is 2.27. The van der Waals surface area contributed by atoms with E-state index in [2.05, 4.69) is 28.4 Å². The molecule has 0 bridgehead atoms. The quantitative estimate of drug-likeness (QED) is 0.813. The lowest BCUT2D eigenvalue weighted by molar-refractivity contribution is 0.0269. The highest BCUT2D eigenvalue weighted by atomic mass is 16.3. The van der Waals surface area contributed by atoms with Crippen molar-refractivity contribution in [2.45, 2.75) is 39.0 Å². The standard InChI is InChI=1S/C12H21N3O/c1-3-15-5-4-13-12(15)9-14(2)8-10-6-11(16)7-10/h4-5,10-11,16H,3,6-9H2,1-2H3. The summed E-state index contributed by atoms with van der Waals surface area (Å²) in [7, 11) is 2.12. The van der Waals surface area contributed by atoms with Crippen LogP contribution in [0.4, 0.5) is 0 Å². The van der Waals surface area contributed by atoms with Gasteiger partial charge in [-0.25, -0.2) is 4.98 Å². The van der Waals surface area contributed by atoms with Crippen LogP contribution in [0.1, 0.15) is 25.6 Å². The fourth-order valence-electron chi connectivity index (χ4n) is 2.38. The van der Waals surface area contributed by atoms with Crippen molar-refractivity contribution in [3.63, 3.8) is 0 Å². The molecule has 0 radical (unpaired) electrons. The maximum atomic E-state index is 9.24. The van der Waals surface area contributed by atoms with E-state index in [1.54, 1.807) is 0 Å². The minimum absolute atomic E-state index is 0.0453. The molecule has 0 spiro atoms. The fraction of sp³-hybridized carbons (Fsp3) is 0.750. The lowest BCUT2D eigenvalue weighted by Gasteiger charge is -2.34. The van der Waals surface area contributed by atoms with Crippen molar-refractivity contribution in [1.29, 1.82) is 0 Å². The summed E-state index contributed by atoms with van der Waals surface area (Å²) >= 11 is 0. The second-order valence-corrected chi connectivity index (χ2v) is 4.82. The van der Waals surface area contributed by atoms with Gasteiger partial charge in [0.25, 0.3) is 0 Å². The molecule has 4 heteroatoms. The normalized spacial score (nSPS) is 24.8. The summed E-state index contributed by atoms with van der Waals surface area (Å²) in [4.78, 5) is 6.66. The summed E-state index contributed by atoms with van der Waals surface area (Å²) in [5.74, 6) is 1.80. The van der Waals surface area contributed by atoms with Gasteiger partial charge in [0.05, 0.1) is 12.6 Å². The van der Waals surface area contributed by atoms with Crippen LogP contribution in [0, 0.1) is 5.92 Å². The zero-order valence-electron chi connectivity index (χ0n) is 10.1. The van der Waals surface area contributed by atoms with Gasteiger partial charge in [0.15, 0.2) is 0 Å². The highest BCUT2D eigenvalue weighted by Crippen LogP contribution is 2.27. The summed E-state index contributed by atoms with van der Waals surface area (Å²) in [5.41, 5.74) is 0. The van der Waals surface area contributed by atoms with Crippen molar-refractivity contribution < 1.29 is 5.11 Å². The SMILES string of the molecule is CCn1ccnc1CN(C)CC1CC(O)C1. The van der Waals surface area contributed by atoms with Crippen LogP contribution < -0.4 is 0 Å².